The van der Waals surface area contributed by atoms with E-state index in [1.165, 1.54) is 12.0 Å². The Morgan fingerprint density at radius 1 is 0.714 bits per heavy atom. The summed E-state index contributed by atoms with van der Waals surface area (Å²) in [5.74, 6) is -0.985. The lowest BCUT2D eigenvalue weighted by Gasteiger charge is -2.36. The van der Waals surface area contributed by atoms with Crippen molar-refractivity contribution in [3.8, 4) is 22.8 Å². The lowest BCUT2D eigenvalue weighted by molar-refractivity contribution is -0.157. The molecule has 3 N–H and O–H groups in total. The second kappa shape index (κ2) is 31.1. The van der Waals surface area contributed by atoms with Crippen molar-refractivity contribution in [1.82, 2.24) is 40.2 Å². The standard InChI is InChI=1S/C72H77Cl3N8O8/c1-47(76-43-51-29-34-56(74)40-65(51)90-58-35-30-50(31-36-58)64-44-77-66(82(64)5)45-80(2)3)69(86)79-62(46-89-7)71(88)81(4)57(38-49-27-32-55(73)33-28-49)41-67(84)78-61-42-63(61)83(6)70(87)52(37-48-19-11-8-12-20-48)39-68(85)91-72(53-21-13-9-14-22-53,54-23-15-10-16-24-54)59-25-17-18-26-60(59)75/h8-36,40,44,47,52,57,61-63,76H,37-39,41-43,45-46H2,1-7H3,(H,78,84)(H,79,86)/t47-,52+,57-,61?,62-,63?/m0/s1. The normalized spacial score (nSPS) is 15.0. The summed E-state index contributed by atoms with van der Waals surface area (Å²) in [5, 5.41) is 10.7. The van der Waals surface area contributed by atoms with Crippen molar-refractivity contribution >= 4 is 64.4 Å². The zero-order valence-electron chi connectivity index (χ0n) is 52.2. The van der Waals surface area contributed by atoms with Gasteiger partial charge in [0.15, 0.2) is 5.60 Å². The van der Waals surface area contributed by atoms with Gasteiger partial charge in [0, 0.05) is 90.1 Å². The number of carbonyl (C=O) groups excluding carboxylic acids is 5. The van der Waals surface area contributed by atoms with E-state index in [0.29, 0.717) is 56.2 Å². The largest absolute Gasteiger partial charge is 0.457 e. The first-order valence-corrected chi connectivity index (χ1v) is 31.4. The number of imidazole rings is 1. The van der Waals surface area contributed by atoms with Crippen LogP contribution in [-0.4, -0.2) is 126 Å². The van der Waals surface area contributed by atoms with Gasteiger partial charge in [0.05, 0.1) is 55.5 Å². The van der Waals surface area contributed by atoms with Gasteiger partial charge in [0.1, 0.15) is 23.4 Å². The number of likely N-dealkylation sites (N-methyl/N-ethyl adjacent to an activating group) is 2. The smallest absolute Gasteiger partial charge is 0.308 e. The summed E-state index contributed by atoms with van der Waals surface area (Å²) < 4.78 is 20.7. The Morgan fingerprint density at radius 2 is 1.33 bits per heavy atom. The highest BCUT2D eigenvalue weighted by Gasteiger charge is 2.47. The first-order valence-electron chi connectivity index (χ1n) is 30.3. The van der Waals surface area contributed by atoms with Gasteiger partial charge in [-0.05, 0) is 106 Å². The van der Waals surface area contributed by atoms with Crippen LogP contribution in [0.4, 0.5) is 0 Å². The highest BCUT2D eigenvalue weighted by atomic mass is 35.5. The molecule has 1 aliphatic carbocycles. The molecule has 6 atom stereocenters. The van der Waals surface area contributed by atoms with E-state index < -0.39 is 53.5 Å². The van der Waals surface area contributed by atoms with E-state index in [2.05, 4.69) is 30.4 Å². The fourth-order valence-electron chi connectivity index (χ4n) is 11.4. The number of hydrogen-bond donors (Lipinski definition) is 3. The van der Waals surface area contributed by atoms with Crippen molar-refractivity contribution in [2.45, 2.75) is 87.9 Å². The average molecular weight is 1290 g/mol. The fourth-order valence-corrected chi connectivity index (χ4v) is 11.9. The molecule has 2 unspecified atom stereocenters. The van der Waals surface area contributed by atoms with Gasteiger partial charge < -0.3 is 49.4 Å². The summed E-state index contributed by atoms with van der Waals surface area (Å²) in [6.45, 7) is 2.47. The minimum atomic E-state index is -1.47. The molecule has 1 aromatic heterocycles. The molecule has 0 bridgehead atoms. The number of amides is 4. The number of nitrogens with zero attached hydrogens (tertiary/aromatic N) is 5. The van der Waals surface area contributed by atoms with Crippen LogP contribution >= 0.6 is 34.8 Å². The van der Waals surface area contributed by atoms with Crippen LogP contribution in [-0.2, 0) is 72.0 Å². The van der Waals surface area contributed by atoms with Crippen LogP contribution in [0.15, 0.2) is 188 Å². The van der Waals surface area contributed by atoms with Gasteiger partial charge in [0.25, 0.3) is 0 Å². The molecule has 474 valence electrons. The van der Waals surface area contributed by atoms with Gasteiger partial charge in [-0.1, -0.05) is 162 Å². The topological polar surface area (TPSA) is 177 Å². The summed E-state index contributed by atoms with van der Waals surface area (Å²) in [6.07, 6.45) is 2.46. The van der Waals surface area contributed by atoms with E-state index in [0.717, 1.165) is 33.8 Å². The van der Waals surface area contributed by atoms with Gasteiger partial charge in [-0.25, -0.2) is 4.98 Å². The lowest BCUT2D eigenvalue weighted by Crippen LogP contribution is -2.56. The minimum absolute atomic E-state index is 0.117. The van der Waals surface area contributed by atoms with E-state index in [1.54, 1.807) is 56.3 Å². The van der Waals surface area contributed by atoms with Crippen LogP contribution in [0, 0.1) is 5.92 Å². The molecule has 7 aromatic carbocycles. The van der Waals surface area contributed by atoms with Gasteiger partial charge in [0.2, 0.25) is 23.6 Å². The summed E-state index contributed by atoms with van der Waals surface area (Å²) in [5.41, 5.74) is 4.83. The Balaban J connectivity index is 0.845. The molecule has 0 aliphatic heterocycles. The highest BCUT2D eigenvalue weighted by Crippen LogP contribution is 2.44. The number of esters is 1. The third-order valence-corrected chi connectivity index (χ3v) is 17.3. The Hall–Kier alpha value is -8.35. The summed E-state index contributed by atoms with van der Waals surface area (Å²) in [7, 11) is 10.7. The summed E-state index contributed by atoms with van der Waals surface area (Å²) in [4.78, 5) is 82.3. The number of methoxy groups -OCH3 is 1. The molecule has 1 aliphatic rings. The Labute approximate surface area is 547 Å². The maximum atomic E-state index is 14.9. The molecule has 1 fully saturated rings. The second-order valence-corrected chi connectivity index (χ2v) is 24.7. The van der Waals surface area contributed by atoms with Crippen LogP contribution in [0.1, 0.15) is 65.4 Å². The molecular weight excluding hydrogens is 1210 g/mol. The minimum Gasteiger partial charge on any atom is -0.457 e. The van der Waals surface area contributed by atoms with Gasteiger partial charge in [-0.3, -0.25) is 24.0 Å². The third-order valence-electron chi connectivity index (χ3n) is 16.5. The van der Waals surface area contributed by atoms with Crippen LogP contribution < -0.4 is 20.7 Å². The van der Waals surface area contributed by atoms with E-state index >= 15 is 0 Å². The third kappa shape index (κ3) is 17.2. The quantitative estimate of drug-likeness (QED) is 0.0300. The Bertz CT molecular complexity index is 3730. The molecule has 0 radical (unpaired) electrons. The zero-order chi connectivity index (χ0) is 64.8. The first-order chi connectivity index (χ1) is 43.8. The number of hydrogen-bond acceptors (Lipinski definition) is 11. The SMILES string of the molecule is COC[C@H](NC(=O)[C@H](C)NCc1ccc(Cl)cc1Oc1ccc(-c2cnc(CN(C)C)n2C)cc1)C(=O)N(C)[C@H](CC(=O)NC1CC1N(C)C(=O)[C@@H](CC(=O)OC(c1ccccc1)(c1ccccc1)c1ccccc1Cl)Cc1ccccc1)Cc1ccc(Cl)cc1. The zero-order valence-corrected chi connectivity index (χ0v) is 54.4. The van der Waals surface area contributed by atoms with E-state index in [1.807, 2.05) is 179 Å². The molecular formula is C72H77Cl3N8O8. The predicted octanol–water partition coefficient (Wildman–Crippen LogP) is 11.5. The molecule has 8 aromatic rings. The molecule has 0 saturated heterocycles. The molecule has 1 saturated carbocycles. The molecule has 4 amide bonds. The Morgan fingerprint density at radius 3 is 1.97 bits per heavy atom. The predicted molar refractivity (Wildman–Crippen MR) is 356 cm³/mol. The van der Waals surface area contributed by atoms with Crippen molar-refractivity contribution in [2.75, 3.05) is 41.9 Å². The van der Waals surface area contributed by atoms with E-state index in [-0.39, 0.29) is 56.7 Å². The number of nitrogens with one attached hydrogen (secondary N) is 3. The van der Waals surface area contributed by atoms with Gasteiger partial charge in [-0.2, -0.15) is 0 Å². The lowest BCUT2D eigenvalue weighted by atomic mass is 9.80. The maximum Gasteiger partial charge on any atom is 0.308 e. The van der Waals surface area contributed by atoms with Crippen LogP contribution in [0.25, 0.3) is 11.3 Å². The monoisotopic (exact) mass is 1290 g/mol. The number of rotatable bonds is 29. The number of ether oxygens (including phenoxy) is 3. The fraction of sp³-hybridized carbons (Fsp3) is 0.306. The number of carbonyl (C=O) groups is 5. The van der Waals surface area contributed by atoms with E-state index in [4.69, 9.17) is 49.0 Å². The van der Waals surface area contributed by atoms with Crippen molar-refractivity contribution in [3.05, 3.63) is 242 Å². The summed E-state index contributed by atoms with van der Waals surface area (Å²) in [6, 6.07) is 52.4. The molecule has 19 heteroatoms. The molecule has 0 spiro atoms. The van der Waals surface area contributed by atoms with Crippen molar-refractivity contribution in [3.63, 3.8) is 0 Å². The van der Waals surface area contributed by atoms with Gasteiger partial charge >= 0.3 is 5.97 Å². The van der Waals surface area contributed by atoms with Crippen molar-refractivity contribution < 1.29 is 38.2 Å². The van der Waals surface area contributed by atoms with Crippen molar-refractivity contribution in [1.29, 1.82) is 0 Å². The highest BCUT2D eigenvalue weighted by molar-refractivity contribution is 6.31. The maximum absolute atomic E-state index is 14.9. The van der Waals surface area contributed by atoms with Gasteiger partial charge in [-0.15, -0.1) is 0 Å². The first kappa shape index (κ1) is 67.1. The molecule has 9 rings (SSSR count). The molecule has 16 nitrogen and oxygen atoms in total. The average Bonchev–Trinajstić information content (AvgIpc) is 1.76. The van der Waals surface area contributed by atoms with E-state index in [9.17, 15) is 24.0 Å². The van der Waals surface area contributed by atoms with Crippen LogP contribution in [0.5, 0.6) is 11.5 Å². The number of benzene rings is 7. The number of aromatic nitrogens is 2. The molecule has 91 heavy (non-hydrogen) atoms. The van der Waals surface area contributed by atoms with Crippen LogP contribution in [0.3, 0.4) is 0 Å². The summed E-state index contributed by atoms with van der Waals surface area (Å²) >= 11 is 19.7. The Kier molecular flexibility index (Phi) is 22.9. The van der Waals surface area contributed by atoms with Crippen LogP contribution in [0.2, 0.25) is 15.1 Å². The van der Waals surface area contributed by atoms with Crippen molar-refractivity contribution in [2.24, 2.45) is 13.0 Å². The molecule has 1 heterocycles. The number of halogens is 3. The second-order valence-electron chi connectivity index (χ2n) is 23.4.